The lowest BCUT2D eigenvalue weighted by molar-refractivity contribution is 0.0825. The molecule has 2 heterocycles. The number of amides is 3. The number of aromatic nitrogens is 1. The first-order valence-corrected chi connectivity index (χ1v) is 6.66. The summed E-state index contributed by atoms with van der Waals surface area (Å²) in [5.41, 5.74) is 1.18. The molecule has 0 spiro atoms. The summed E-state index contributed by atoms with van der Waals surface area (Å²) >= 11 is 0. The Morgan fingerprint density at radius 2 is 1.86 bits per heavy atom. The van der Waals surface area contributed by atoms with Crippen molar-refractivity contribution in [2.24, 2.45) is 0 Å². The molecule has 1 aliphatic heterocycles. The number of anilines is 1. The van der Waals surface area contributed by atoms with Crippen molar-refractivity contribution in [2.45, 2.75) is 0 Å². The van der Waals surface area contributed by atoms with Crippen LogP contribution in [0.1, 0.15) is 31.2 Å². The van der Waals surface area contributed by atoms with Gasteiger partial charge in [0, 0.05) is 25.9 Å². The third kappa shape index (κ3) is 2.05. The summed E-state index contributed by atoms with van der Waals surface area (Å²) in [4.78, 5) is 43.2. The minimum Gasteiger partial charge on any atom is -0.345 e. The molecule has 0 saturated heterocycles. The maximum atomic E-state index is 12.4. The number of benzene rings is 1. The smallest absolute Gasteiger partial charge is 0.284 e. The fraction of sp³-hybridized carbons (Fsp3) is 0.125. The molecule has 1 aliphatic rings. The van der Waals surface area contributed by atoms with Crippen LogP contribution in [-0.4, -0.2) is 41.7 Å². The Labute approximate surface area is 127 Å². The zero-order chi connectivity index (χ0) is 15.9. The first-order valence-electron chi connectivity index (χ1n) is 6.66. The van der Waals surface area contributed by atoms with E-state index in [0.717, 1.165) is 4.90 Å². The Hall–Kier alpha value is -3.02. The van der Waals surface area contributed by atoms with Gasteiger partial charge in [0.25, 0.3) is 17.7 Å². The summed E-state index contributed by atoms with van der Waals surface area (Å²) in [6.45, 7) is 0. The van der Waals surface area contributed by atoms with Crippen LogP contribution in [0.4, 0.5) is 5.69 Å². The average molecular weight is 295 g/mol. The van der Waals surface area contributed by atoms with Gasteiger partial charge < -0.3 is 4.90 Å². The summed E-state index contributed by atoms with van der Waals surface area (Å²) < 4.78 is 0. The number of rotatable bonds is 2. The average Bonchev–Trinajstić information content (AvgIpc) is 2.78. The molecule has 0 aliphatic carbocycles. The fourth-order valence-electron chi connectivity index (χ4n) is 2.34. The van der Waals surface area contributed by atoms with E-state index in [4.69, 9.17) is 0 Å². The predicted octanol–water partition coefficient (Wildman–Crippen LogP) is 1.58. The second-order valence-electron chi connectivity index (χ2n) is 5.10. The number of pyridine rings is 1. The van der Waals surface area contributed by atoms with Crippen LogP contribution in [0.2, 0.25) is 0 Å². The second kappa shape index (κ2) is 5.07. The van der Waals surface area contributed by atoms with Gasteiger partial charge in [-0.2, -0.15) is 0 Å². The van der Waals surface area contributed by atoms with Crippen LogP contribution in [0.15, 0.2) is 42.6 Å². The van der Waals surface area contributed by atoms with E-state index in [-0.39, 0.29) is 17.2 Å². The summed E-state index contributed by atoms with van der Waals surface area (Å²) in [5, 5.41) is 0. The summed E-state index contributed by atoms with van der Waals surface area (Å²) in [6.07, 6.45) is 1.47. The first-order chi connectivity index (χ1) is 10.5. The van der Waals surface area contributed by atoms with Gasteiger partial charge in [0.2, 0.25) is 0 Å². The molecular formula is C16H13N3O3. The van der Waals surface area contributed by atoms with Crippen molar-refractivity contribution in [1.82, 2.24) is 9.88 Å². The van der Waals surface area contributed by atoms with Gasteiger partial charge in [0.05, 0.1) is 11.3 Å². The van der Waals surface area contributed by atoms with Crippen LogP contribution in [0.5, 0.6) is 0 Å². The monoisotopic (exact) mass is 295 g/mol. The highest BCUT2D eigenvalue weighted by Gasteiger charge is 2.37. The van der Waals surface area contributed by atoms with Crippen LogP contribution in [0.3, 0.4) is 0 Å². The third-order valence-electron chi connectivity index (χ3n) is 3.40. The number of hydrogen-bond acceptors (Lipinski definition) is 4. The van der Waals surface area contributed by atoms with E-state index in [1.54, 1.807) is 44.4 Å². The maximum Gasteiger partial charge on any atom is 0.284 e. The number of imide groups is 1. The minimum absolute atomic E-state index is 0.136. The second-order valence-corrected chi connectivity index (χ2v) is 5.10. The molecule has 0 N–H and O–H groups in total. The quantitative estimate of drug-likeness (QED) is 0.789. The lowest BCUT2D eigenvalue weighted by Crippen LogP contribution is -2.30. The first kappa shape index (κ1) is 13.9. The molecule has 0 radical (unpaired) electrons. The lowest BCUT2D eigenvalue weighted by atomic mass is 10.1. The summed E-state index contributed by atoms with van der Waals surface area (Å²) in [7, 11) is 3.28. The van der Waals surface area contributed by atoms with Crippen molar-refractivity contribution >= 4 is 23.4 Å². The van der Waals surface area contributed by atoms with E-state index >= 15 is 0 Å². The van der Waals surface area contributed by atoms with Gasteiger partial charge in [-0.25, -0.2) is 4.90 Å². The van der Waals surface area contributed by atoms with E-state index in [0.29, 0.717) is 11.3 Å². The van der Waals surface area contributed by atoms with Crippen LogP contribution in [0, 0.1) is 0 Å². The van der Waals surface area contributed by atoms with Crippen molar-refractivity contribution in [3.05, 3.63) is 59.4 Å². The number of fused-ring (bicyclic) bond motifs is 1. The molecule has 0 bridgehead atoms. The zero-order valence-electron chi connectivity index (χ0n) is 12.1. The zero-order valence-corrected chi connectivity index (χ0v) is 12.1. The van der Waals surface area contributed by atoms with Crippen molar-refractivity contribution in [3.8, 4) is 0 Å². The van der Waals surface area contributed by atoms with Crippen molar-refractivity contribution in [2.75, 3.05) is 19.0 Å². The van der Waals surface area contributed by atoms with Gasteiger partial charge in [-0.3, -0.25) is 19.4 Å². The topological polar surface area (TPSA) is 70.6 Å². The van der Waals surface area contributed by atoms with E-state index < -0.39 is 11.8 Å². The van der Waals surface area contributed by atoms with Gasteiger partial charge in [-0.1, -0.05) is 6.07 Å². The van der Waals surface area contributed by atoms with Crippen LogP contribution in [-0.2, 0) is 0 Å². The maximum absolute atomic E-state index is 12.4. The Balaban J connectivity index is 2.03. The largest absolute Gasteiger partial charge is 0.345 e. The van der Waals surface area contributed by atoms with Gasteiger partial charge in [-0.15, -0.1) is 0 Å². The third-order valence-corrected chi connectivity index (χ3v) is 3.40. The molecule has 6 heteroatoms. The molecule has 2 aromatic rings. The molecule has 6 nitrogen and oxygen atoms in total. The van der Waals surface area contributed by atoms with Crippen molar-refractivity contribution in [1.29, 1.82) is 0 Å². The molecule has 110 valence electrons. The number of carbonyl (C=O) groups excluding carboxylic acids is 3. The molecule has 0 saturated carbocycles. The normalized spacial score (nSPS) is 13.3. The van der Waals surface area contributed by atoms with E-state index in [1.807, 2.05) is 0 Å². The molecule has 0 fully saturated rings. The SMILES string of the molecule is CN(C)C(=O)c1cccc(N2C(=O)c3cccnc3C2=O)c1. The lowest BCUT2D eigenvalue weighted by Gasteiger charge is -2.16. The number of hydrogen-bond donors (Lipinski definition) is 0. The van der Waals surface area contributed by atoms with Crippen LogP contribution in [0.25, 0.3) is 0 Å². The Bertz CT molecular complexity index is 764. The molecule has 3 amide bonds. The molecule has 1 aromatic heterocycles. The van der Waals surface area contributed by atoms with Gasteiger partial charge >= 0.3 is 0 Å². The standard InChI is InChI=1S/C16H13N3O3/c1-18(2)14(20)10-5-3-6-11(9-10)19-15(21)12-7-4-8-17-13(12)16(19)22/h3-9H,1-2H3. The Morgan fingerprint density at radius 3 is 2.55 bits per heavy atom. The predicted molar refractivity (Wildman–Crippen MR) is 79.8 cm³/mol. The Kier molecular flexibility index (Phi) is 3.21. The van der Waals surface area contributed by atoms with Gasteiger partial charge in [-0.05, 0) is 30.3 Å². The van der Waals surface area contributed by atoms with E-state index in [1.165, 1.54) is 17.2 Å². The van der Waals surface area contributed by atoms with Gasteiger partial charge in [0.1, 0.15) is 5.69 Å². The molecule has 22 heavy (non-hydrogen) atoms. The number of nitrogens with zero attached hydrogens (tertiary/aromatic N) is 3. The molecule has 0 unspecified atom stereocenters. The van der Waals surface area contributed by atoms with E-state index in [2.05, 4.69) is 4.98 Å². The number of carbonyl (C=O) groups is 3. The molecule has 1 aromatic carbocycles. The summed E-state index contributed by atoms with van der Waals surface area (Å²) in [6, 6.07) is 9.61. The van der Waals surface area contributed by atoms with Crippen molar-refractivity contribution in [3.63, 3.8) is 0 Å². The molecule has 3 rings (SSSR count). The van der Waals surface area contributed by atoms with Crippen molar-refractivity contribution < 1.29 is 14.4 Å². The Morgan fingerprint density at radius 1 is 1.09 bits per heavy atom. The van der Waals surface area contributed by atoms with Gasteiger partial charge in [0.15, 0.2) is 0 Å². The molecular weight excluding hydrogens is 282 g/mol. The van der Waals surface area contributed by atoms with E-state index in [9.17, 15) is 14.4 Å². The summed E-state index contributed by atoms with van der Waals surface area (Å²) in [5.74, 6) is -1.10. The minimum atomic E-state index is -0.477. The highest BCUT2D eigenvalue weighted by Crippen LogP contribution is 2.27. The van der Waals surface area contributed by atoms with Crippen LogP contribution >= 0.6 is 0 Å². The highest BCUT2D eigenvalue weighted by atomic mass is 16.2. The fourth-order valence-corrected chi connectivity index (χ4v) is 2.34. The van der Waals surface area contributed by atoms with Crippen LogP contribution < -0.4 is 4.90 Å². The molecule has 0 atom stereocenters. The highest BCUT2D eigenvalue weighted by molar-refractivity contribution is 6.33.